The predicted octanol–water partition coefficient (Wildman–Crippen LogP) is 3.93. The van der Waals surface area contributed by atoms with Crippen LogP contribution in [-0.4, -0.2) is 73.1 Å². The average Bonchev–Trinajstić information content (AvgIpc) is 3.42. The number of piperidine rings is 1. The van der Waals surface area contributed by atoms with E-state index in [9.17, 15) is 18.4 Å². The first-order valence-corrected chi connectivity index (χ1v) is 13.6. The van der Waals surface area contributed by atoms with Crippen molar-refractivity contribution in [3.63, 3.8) is 0 Å². The van der Waals surface area contributed by atoms with Gasteiger partial charge in [0.15, 0.2) is 17.4 Å². The van der Waals surface area contributed by atoms with E-state index in [4.69, 9.17) is 16.3 Å². The van der Waals surface area contributed by atoms with E-state index >= 15 is 0 Å². The summed E-state index contributed by atoms with van der Waals surface area (Å²) in [6.07, 6.45) is 3.33. The van der Waals surface area contributed by atoms with E-state index in [1.54, 1.807) is 12.1 Å². The summed E-state index contributed by atoms with van der Waals surface area (Å²) >= 11 is 6.37. The van der Waals surface area contributed by atoms with Gasteiger partial charge in [-0.2, -0.15) is 4.39 Å². The number of ether oxygens (including phenoxy) is 1. The van der Waals surface area contributed by atoms with Crippen molar-refractivity contribution in [1.82, 2.24) is 25.5 Å². The van der Waals surface area contributed by atoms with Crippen LogP contribution in [0.25, 0.3) is 11.3 Å². The SMILES string of the molecule is COc1ccc(-c2cnc(C(=O)Nc3ccc(C(=O)NCC4CCN(CC5CNC5)CC4)c(Cl)c3)[nH]2)c(F)c1F. The second-order valence-electron chi connectivity index (χ2n) is 10.2. The highest BCUT2D eigenvalue weighted by molar-refractivity contribution is 6.34. The number of imidazole rings is 1. The molecule has 40 heavy (non-hydrogen) atoms. The van der Waals surface area contributed by atoms with Crippen LogP contribution >= 0.6 is 11.6 Å². The number of carbonyl (C=O) groups is 2. The van der Waals surface area contributed by atoms with Gasteiger partial charge in [-0.1, -0.05) is 11.6 Å². The number of nitrogens with one attached hydrogen (secondary N) is 4. The monoisotopic (exact) mass is 572 g/mol. The van der Waals surface area contributed by atoms with Crippen molar-refractivity contribution in [3.05, 3.63) is 64.6 Å². The summed E-state index contributed by atoms with van der Waals surface area (Å²) < 4.78 is 33.3. The van der Waals surface area contributed by atoms with Crippen LogP contribution < -0.4 is 20.7 Å². The molecule has 3 heterocycles. The van der Waals surface area contributed by atoms with Gasteiger partial charge in [0.1, 0.15) is 0 Å². The number of H-pyrrole nitrogens is 1. The zero-order valence-corrected chi connectivity index (χ0v) is 22.8. The number of rotatable bonds is 9. The summed E-state index contributed by atoms with van der Waals surface area (Å²) in [5, 5.41) is 9.13. The first-order valence-electron chi connectivity index (χ1n) is 13.2. The topological polar surface area (TPSA) is 111 Å². The van der Waals surface area contributed by atoms with Gasteiger partial charge < -0.3 is 30.6 Å². The van der Waals surface area contributed by atoms with Gasteiger partial charge >= 0.3 is 0 Å². The Bertz CT molecular complexity index is 1390. The van der Waals surface area contributed by atoms with Crippen LogP contribution in [0.4, 0.5) is 14.5 Å². The van der Waals surface area contributed by atoms with E-state index in [1.807, 2.05) is 0 Å². The van der Waals surface area contributed by atoms with E-state index in [2.05, 4.69) is 30.8 Å². The quantitative estimate of drug-likeness (QED) is 0.309. The van der Waals surface area contributed by atoms with E-state index < -0.39 is 17.5 Å². The molecule has 2 aliphatic rings. The molecule has 0 atom stereocenters. The van der Waals surface area contributed by atoms with E-state index in [-0.39, 0.29) is 33.8 Å². The number of aromatic amines is 1. The van der Waals surface area contributed by atoms with Gasteiger partial charge in [0.05, 0.1) is 29.6 Å². The lowest BCUT2D eigenvalue weighted by molar-refractivity contribution is 0.0929. The Morgan fingerprint density at radius 1 is 1.10 bits per heavy atom. The van der Waals surface area contributed by atoms with Crippen LogP contribution in [0.15, 0.2) is 36.5 Å². The number of nitrogens with zero attached hydrogens (tertiary/aromatic N) is 2. The summed E-state index contributed by atoms with van der Waals surface area (Å²) in [4.78, 5) is 34.6. The smallest absolute Gasteiger partial charge is 0.291 e. The van der Waals surface area contributed by atoms with Crippen molar-refractivity contribution in [2.24, 2.45) is 11.8 Å². The Labute approximate surface area is 235 Å². The highest BCUT2D eigenvalue weighted by atomic mass is 35.5. The van der Waals surface area contributed by atoms with Crippen LogP contribution in [-0.2, 0) is 0 Å². The molecule has 0 aliphatic carbocycles. The number of benzene rings is 2. The molecule has 2 fully saturated rings. The summed E-state index contributed by atoms with van der Waals surface area (Å²) in [6.45, 7) is 6.05. The number of likely N-dealkylation sites (tertiary alicyclic amines) is 1. The first-order chi connectivity index (χ1) is 19.3. The van der Waals surface area contributed by atoms with Gasteiger partial charge in [-0.15, -0.1) is 0 Å². The molecule has 0 spiro atoms. The Morgan fingerprint density at radius 3 is 2.55 bits per heavy atom. The van der Waals surface area contributed by atoms with Crippen molar-refractivity contribution >= 4 is 29.1 Å². The molecule has 4 N–H and O–H groups in total. The number of anilines is 1. The second-order valence-corrected chi connectivity index (χ2v) is 10.6. The predicted molar refractivity (Wildman–Crippen MR) is 148 cm³/mol. The molecule has 3 aromatic rings. The van der Waals surface area contributed by atoms with Gasteiger partial charge in [0, 0.05) is 37.4 Å². The second kappa shape index (κ2) is 12.3. The normalized spacial score (nSPS) is 16.4. The molecule has 9 nitrogen and oxygen atoms in total. The number of methoxy groups -OCH3 is 1. The van der Waals surface area contributed by atoms with Crippen molar-refractivity contribution in [1.29, 1.82) is 0 Å². The van der Waals surface area contributed by atoms with Crippen LogP contribution in [0.3, 0.4) is 0 Å². The molecule has 2 amide bonds. The fraction of sp³-hybridized carbons (Fsp3) is 0.393. The lowest BCUT2D eigenvalue weighted by atomic mass is 9.94. The van der Waals surface area contributed by atoms with E-state index in [1.165, 1.54) is 31.5 Å². The van der Waals surface area contributed by atoms with E-state index in [0.717, 1.165) is 51.5 Å². The third kappa shape index (κ3) is 6.27. The maximum Gasteiger partial charge on any atom is 0.291 e. The molecule has 2 saturated heterocycles. The van der Waals surface area contributed by atoms with Crippen LogP contribution in [0.1, 0.15) is 33.8 Å². The highest BCUT2D eigenvalue weighted by Crippen LogP contribution is 2.29. The van der Waals surface area contributed by atoms with Crippen LogP contribution in [0, 0.1) is 23.5 Å². The molecule has 1 aromatic heterocycles. The zero-order valence-electron chi connectivity index (χ0n) is 22.0. The van der Waals surface area contributed by atoms with Gasteiger partial charge in [-0.05, 0) is 68.1 Å². The zero-order chi connectivity index (χ0) is 28.2. The van der Waals surface area contributed by atoms with E-state index in [0.29, 0.717) is 23.7 Å². The van der Waals surface area contributed by atoms with Crippen LogP contribution in [0.2, 0.25) is 5.02 Å². The van der Waals surface area contributed by atoms with Crippen molar-refractivity contribution < 1.29 is 23.1 Å². The highest BCUT2D eigenvalue weighted by Gasteiger charge is 2.25. The molecule has 0 bridgehead atoms. The molecule has 2 aromatic carbocycles. The number of aromatic nitrogens is 2. The summed E-state index contributed by atoms with van der Waals surface area (Å²) in [5.41, 5.74) is 0.683. The Balaban J connectivity index is 1.14. The van der Waals surface area contributed by atoms with Crippen molar-refractivity contribution in [2.75, 3.05) is 51.7 Å². The molecular weight excluding hydrogens is 542 g/mol. The molecular formula is C28H31ClF2N6O3. The Kier molecular flexibility index (Phi) is 8.63. The summed E-state index contributed by atoms with van der Waals surface area (Å²) in [6, 6.07) is 7.20. The number of carbonyl (C=O) groups excluding carboxylic acids is 2. The minimum Gasteiger partial charge on any atom is -0.494 e. The fourth-order valence-corrected chi connectivity index (χ4v) is 5.25. The van der Waals surface area contributed by atoms with Gasteiger partial charge in [-0.25, -0.2) is 9.37 Å². The molecule has 0 saturated carbocycles. The standard InChI is InChI=1S/C28H31ClF2N6O3/c1-40-23-5-4-20(24(30)25(23)31)22-14-33-26(36-22)28(39)35-18-2-3-19(21(29)10-18)27(38)34-13-16-6-8-37(9-7-16)15-17-11-32-12-17/h2-5,10,14,16-17,32H,6-9,11-13,15H2,1H3,(H,33,36)(H,34,38)(H,35,39). The molecule has 5 rings (SSSR count). The molecule has 0 unspecified atom stereocenters. The van der Waals surface area contributed by atoms with Crippen molar-refractivity contribution in [2.45, 2.75) is 12.8 Å². The molecule has 0 radical (unpaired) electrons. The summed E-state index contributed by atoms with van der Waals surface area (Å²) in [5.74, 6) is -2.30. The number of amides is 2. The lowest BCUT2D eigenvalue weighted by Gasteiger charge is -2.37. The van der Waals surface area contributed by atoms with Gasteiger partial charge in [0.2, 0.25) is 5.82 Å². The third-order valence-electron chi connectivity index (χ3n) is 7.46. The lowest BCUT2D eigenvalue weighted by Crippen LogP contribution is -2.50. The maximum atomic E-state index is 14.4. The fourth-order valence-electron chi connectivity index (χ4n) is 4.99. The Hall–Kier alpha value is -3.54. The minimum atomic E-state index is -1.14. The number of halogens is 3. The van der Waals surface area contributed by atoms with Gasteiger partial charge in [-0.3, -0.25) is 9.59 Å². The van der Waals surface area contributed by atoms with Gasteiger partial charge in [0.25, 0.3) is 11.8 Å². The molecule has 12 heteroatoms. The average molecular weight is 573 g/mol. The largest absolute Gasteiger partial charge is 0.494 e. The first kappa shape index (κ1) is 28.0. The third-order valence-corrected chi connectivity index (χ3v) is 7.77. The minimum absolute atomic E-state index is 0.0972. The Morgan fingerprint density at radius 2 is 1.88 bits per heavy atom. The van der Waals surface area contributed by atoms with Crippen LogP contribution in [0.5, 0.6) is 5.75 Å². The maximum absolute atomic E-state index is 14.4. The number of hydrogen-bond donors (Lipinski definition) is 4. The number of hydrogen-bond acceptors (Lipinski definition) is 6. The molecule has 212 valence electrons. The van der Waals surface area contributed by atoms with Crippen molar-refractivity contribution in [3.8, 4) is 17.0 Å². The molecule has 2 aliphatic heterocycles. The summed E-state index contributed by atoms with van der Waals surface area (Å²) in [7, 11) is 1.24.